The third kappa shape index (κ3) is 4.64. The van der Waals surface area contributed by atoms with Crippen LogP contribution in [0.5, 0.6) is 0 Å². The minimum absolute atomic E-state index is 0.0643. The number of nitrogens with zero attached hydrogens (tertiary/aromatic N) is 6. The van der Waals surface area contributed by atoms with Crippen LogP contribution in [0.15, 0.2) is 24.5 Å². The number of aromatic nitrogens is 3. The van der Waals surface area contributed by atoms with Gasteiger partial charge in [0.15, 0.2) is 0 Å². The van der Waals surface area contributed by atoms with E-state index in [1.54, 1.807) is 0 Å². The second-order valence-corrected chi connectivity index (χ2v) is 14.7. The highest BCUT2D eigenvalue weighted by molar-refractivity contribution is 8.18. The Labute approximate surface area is 239 Å². The number of carbonyl (C=O) groups is 1. The second-order valence-electron chi connectivity index (χ2n) is 11.6. The van der Waals surface area contributed by atoms with Crippen LogP contribution in [0.3, 0.4) is 0 Å². The number of amides is 1. The zero-order valence-corrected chi connectivity index (χ0v) is 24.3. The molecule has 2 N–H and O–H groups in total. The van der Waals surface area contributed by atoms with Crippen LogP contribution in [0.2, 0.25) is 0 Å². The molecule has 4 fully saturated rings. The third-order valence-electron chi connectivity index (χ3n) is 9.19. The van der Waals surface area contributed by atoms with E-state index in [1.165, 1.54) is 31.2 Å². The molecular formula is C28H38N8OS2. The first-order valence-electron chi connectivity index (χ1n) is 14.4. The third-order valence-corrected chi connectivity index (χ3v) is 12.6. The predicted molar refractivity (Wildman–Crippen MR) is 160 cm³/mol. The number of carbonyl (C=O) groups excluding carboxylic acids is 1. The largest absolute Gasteiger partial charge is 0.368 e. The van der Waals surface area contributed by atoms with Crippen LogP contribution in [0.1, 0.15) is 50.5 Å². The Balaban J connectivity index is 1.22. The van der Waals surface area contributed by atoms with Crippen LogP contribution >= 0.6 is 23.5 Å². The van der Waals surface area contributed by atoms with Crippen molar-refractivity contribution in [2.75, 3.05) is 66.4 Å². The summed E-state index contributed by atoms with van der Waals surface area (Å²) in [7, 11) is 2.17. The first-order valence-corrected chi connectivity index (χ1v) is 16.4. The molecule has 208 valence electrons. The van der Waals surface area contributed by atoms with E-state index in [4.69, 9.17) is 15.0 Å². The van der Waals surface area contributed by atoms with Crippen molar-refractivity contribution in [2.24, 2.45) is 0 Å². The zero-order chi connectivity index (χ0) is 26.5. The lowest BCUT2D eigenvalue weighted by molar-refractivity contribution is -0.125. The molecule has 0 aromatic carbocycles. The molecule has 4 aliphatic heterocycles. The SMILES string of the molecule is CN1CCN(c2ccc(Nc3ncc4c(n3)N3C(CC45SCCCS5)C(=O)NCC34CCCCC4)nc2)CC1. The van der Waals surface area contributed by atoms with Gasteiger partial charge < -0.3 is 25.3 Å². The molecule has 11 heteroatoms. The molecule has 39 heavy (non-hydrogen) atoms. The summed E-state index contributed by atoms with van der Waals surface area (Å²) >= 11 is 3.97. The maximum atomic E-state index is 13.4. The minimum atomic E-state index is -0.189. The van der Waals surface area contributed by atoms with E-state index >= 15 is 0 Å². The van der Waals surface area contributed by atoms with E-state index in [2.05, 4.69) is 38.4 Å². The fourth-order valence-electron chi connectivity index (χ4n) is 7.01. The van der Waals surface area contributed by atoms with E-state index in [0.29, 0.717) is 12.5 Å². The van der Waals surface area contributed by atoms with Crippen molar-refractivity contribution in [1.82, 2.24) is 25.2 Å². The standard InChI is InChI=1S/C28H38N8OS2/c1-34-10-12-35(13-11-34)20-6-7-23(29-17-20)32-26-30-18-21-24(33-26)36-22(16-28(21)38-14-5-15-39-28)25(37)31-19-27(36)8-3-2-4-9-27/h6-7,17-18,22H,2-5,8-16,19H2,1H3,(H,31,37)(H,29,30,32,33). The summed E-state index contributed by atoms with van der Waals surface area (Å²) in [6.07, 6.45) is 11.8. The predicted octanol–water partition coefficient (Wildman–Crippen LogP) is 3.80. The van der Waals surface area contributed by atoms with Crippen molar-refractivity contribution in [2.45, 2.75) is 60.6 Å². The van der Waals surface area contributed by atoms with Gasteiger partial charge in [-0.1, -0.05) is 19.3 Å². The Morgan fingerprint density at radius 2 is 1.79 bits per heavy atom. The molecule has 2 spiro atoms. The van der Waals surface area contributed by atoms with Gasteiger partial charge in [-0.3, -0.25) is 4.79 Å². The summed E-state index contributed by atoms with van der Waals surface area (Å²) in [5.41, 5.74) is 2.28. The molecule has 1 aliphatic carbocycles. The number of pyridine rings is 1. The van der Waals surface area contributed by atoms with Crippen molar-refractivity contribution in [3.63, 3.8) is 0 Å². The molecule has 1 unspecified atom stereocenters. The molecule has 0 bridgehead atoms. The van der Waals surface area contributed by atoms with Gasteiger partial charge in [0, 0.05) is 50.9 Å². The van der Waals surface area contributed by atoms with Crippen molar-refractivity contribution >= 4 is 52.7 Å². The summed E-state index contributed by atoms with van der Waals surface area (Å²) in [4.78, 5) is 35.3. The number of fused-ring (bicyclic) bond motifs is 5. The molecule has 1 atom stereocenters. The van der Waals surface area contributed by atoms with Gasteiger partial charge >= 0.3 is 0 Å². The number of likely N-dealkylation sites (N-methyl/N-ethyl adjacent to an activating group) is 1. The van der Waals surface area contributed by atoms with Gasteiger partial charge in [-0.15, -0.1) is 23.5 Å². The molecule has 7 rings (SSSR count). The number of rotatable bonds is 3. The maximum Gasteiger partial charge on any atom is 0.242 e. The first-order chi connectivity index (χ1) is 19.1. The van der Waals surface area contributed by atoms with Gasteiger partial charge in [0.05, 0.1) is 21.5 Å². The lowest BCUT2D eigenvalue weighted by atomic mass is 9.76. The fourth-order valence-corrected chi connectivity index (χ4v) is 10.4. The van der Waals surface area contributed by atoms with Crippen LogP contribution in [-0.2, 0) is 8.87 Å². The second kappa shape index (κ2) is 10.3. The van der Waals surface area contributed by atoms with Gasteiger partial charge in [-0.2, -0.15) is 4.98 Å². The molecule has 3 saturated heterocycles. The first kappa shape index (κ1) is 25.7. The Hall–Kier alpha value is -2.24. The topological polar surface area (TPSA) is 89.5 Å². The summed E-state index contributed by atoms with van der Waals surface area (Å²) in [6, 6.07) is 3.96. The minimum Gasteiger partial charge on any atom is -0.368 e. The number of hydrogen-bond donors (Lipinski definition) is 2. The van der Waals surface area contributed by atoms with Gasteiger partial charge in [0.1, 0.15) is 17.7 Å². The van der Waals surface area contributed by atoms with Crippen LogP contribution in [-0.4, -0.2) is 88.6 Å². The van der Waals surface area contributed by atoms with E-state index in [-0.39, 0.29) is 21.6 Å². The van der Waals surface area contributed by atoms with Crippen molar-refractivity contribution in [3.05, 3.63) is 30.1 Å². The molecule has 0 radical (unpaired) electrons. The fraction of sp³-hybridized carbons (Fsp3) is 0.643. The maximum absolute atomic E-state index is 13.4. The molecule has 1 amide bonds. The zero-order valence-electron chi connectivity index (χ0n) is 22.7. The number of anilines is 4. The number of thioether (sulfide) groups is 2. The Bertz CT molecular complexity index is 1210. The summed E-state index contributed by atoms with van der Waals surface area (Å²) in [6.45, 7) is 4.87. The highest BCUT2D eigenvalue weighted by Crippen LogP contribution is 2.60. The quantitative estimate of drug-likeness (QED) is 0.572. The average Bonchev–Trinajstić information content (AvgIpc) is 2.97. The summed E-state index contributed by atoms with van der Waals surface area (Å²) < 4.78 is -0.166. The van der Waals surface area contributed by atoms with Crippen LogP contribution in [0.4, 0.5) is 23.3 Å². The molecule has 2 aromatic rings. The summed E-state index contributed by atoms with van der Waals surface area (Å²) in [5, 5.41) is 6.69. The van der Waals surface area contributed by atoms with E-state index in [1.807, 2.05) is 42.0 Å². The van der Waals surface area contributed by atoms with Crippen LogP contribution < -0.4 is 20.4 Å². The number of piperazine rings is 2. The molecule has 5 aliphatic rings. The number of nitrogens with one attached hydrogen (secondary N) is 2. The molecule has 6 heterocycles. The van der Waals surface area contributed by atoms with Gasteiger partial charge in [-0.25, -0.2) is 9.97 Å². The normalized spacial score (nSPS) is 26.2. The lowest BCUT2D eigenvalue weighted by Gasteiger charge is -2.58. The smallest absolute Gasteiger partial charge is 0.242 e. The van der Waals surface area contributed by atoms with Gasteiger partial charge in [-0.05, 0) is 49.9 Å². The average molecular weight is 567 g/mol. The van der Waals surface area contributed by atoms with Crippen molar-refractivity contribution in [3.8, 4) is 0 Å². The Morgan fingerprint density at radius 3 is 2.54 bits per heavy atom. The lowest BCUT2D eigenvalue weighted by Crippen LogP contribution is -2.71. The van der Waals surface area contributed by atoms with E-state index in [9.17, 15) is 4.79 Å². The molecule has 9 nitrogen and oxygen atoms in total. The van der Waals surface area contributed by atoms with E-state index < -0.39 is 0 Å². The molecule has 1 saturated carbocycles. The summed E-state index contributed by atoms with van der Waals surface area (Å²) in [5.74, 6) is 4.60. The molecular weight excluding hydrogens is 528 g/mol. The highest BCUT2D eigenvalue weighted by atomic mass is 32.2. The van der Waals surface area contributed by atoms with Gasteiger partial charge in [0.2, 0.25) is 11.9 Å². The number of hydrogen-bond acceptors (Lipinski definition) is 10. The van der Waals surface area contributed by atoms with Gasteiger partial charge in [0.25, 0.3) is 0 Å². The monoisotopic (exact) mass is 566 g/mol. The van der Waals surface area contributed by atoms with E-state index in [0.717, 1.165) is 74.3 Å². The van der Waals surface area contributed by atoms with Crippen LogP contribution in [0.25, 0.3) is 0 Å². The Morgan fingerprint density at radius 1 is 1.00 bits per heavy atom. The Kier molecular flexibility index (Phi) is 6.79. The molecule has 2 aromatic heterocycles. The highest BCUT2D eigenvalue weighted by Gasteiger charge is 2.56. The van der Waals surface area contributed by atoms with Crippen molar-refractivity contribution in [1.29, 1.82) is 0 Å². The van der Waals surface area contributed by atoms with Crippen molar-refractivity contribution < 1.29 is 4.79 Å². The van der Waals surface area contributed by atoms with Crippen LogP contribution in [0, 0.1) is 0 Å².